The predicted molar refractivity (Wildman–Crippen MR) is 86.7 cm³/mol. The normalized spacial score (nSPS) is 11.2. The summed E-state index contributed by atoms with van der Waals surface area (Å²) in [5, 5.41) is 2.88. The van der Waals surface area contributed by atoms with Crippen molar-refractivity contribution in [3.8, 4) is 5.75 Å². The molecule has 2 aromatic heterocycles. The highest BCUT2D eigenvalue weighted by molar-refractivity contribution is 7.16. The number of thiophene rings is 1. The van der Waals surface area contributed by atoms with E-state index in [2.05, 4.69) is 29.9 Å². The van der Waals surface area contributed by atoms with Gasteiger partial charge < -0.3 is 10.5 Å². The van der Waals surface area contributed by atoms with Gasteiger partial charge >= 0.3 is 0 Å². The van der Waals surface area contributed by atoms with E-state index in [9.17, 15) is 0 Å². The van der Waals surface area contributed by atoms with Crippen LogP contribution in [0.15, 0.2) is 35.7 Å². The minimum Gasteiger partial charge on any atom is -0.485 e. The second kappa shape index (κ2) is 5.69. The number of fused-ring (bicyclic) bond motifs is 1. The Hall–Kier alpha value is -2.14. The van der Waals surface area contributed by atoms with E-state index in [1.165, 1.54) is 5.56 Å². The Kier molecular flexibility index (Phi) is 3.75. The smallest absolute Gasteiger partial charge is 0.169 e. The molecule has 0 radical (unpaired) electrons. The maximum absolute atomic E-state index is 5.95. The van der Waals surface area contributed by atoms with E-state index >= 15 is 0 Å². The van der Waals surface area contributed by atoms with Crippen LogP contribution in [-0.4, -0.2) is 9.97 Å². The summed E-state index contributed by atoms with van der Waals surface area (Å²) in [7, 11) is 0. The highest BCUT2D eigenvalue weighted by Crippen LogP contribution is 2.27. The van der Waals surface area contributed by atoms with Crippen molar-refractivity contribution in [2.45, 2.75) is 26.4 Å². The van der Waals surface area contributed by atoms with Crippen molar-refractivity contribution in [2.24, 2.45) is 0 Å². The summed E-state index contributed by atoms with van der Waals surface area (Å²) >= 11 is 1.56. The Balaban J connectivity index is 1.83. The van der Waals surface area contributed by atoms with Gasteiger partial charge in [-0.2, -0.15) is 0 Å². The minimum atomic E-state index is 0.321. The van der Waals surface area contributed by atoms with Crippen molar-refractivity contribution in [3.05, 3.63) is 47.1 Å². The molecule has 0 aliphatic rings. The number of benzene rings is 1. The maximum Gasteiger partial charge on any atom is 0.169 e. The molecule has 0 spiro atoms. The molecule has 0 saturated heterocycles. The lowest BCUT2D eigenvalue weighted by molar-refractivity contribution is 0.292. The van der Waals surface area contributed by atoms with Gasteiger partial charge in [-0.1, -0.05) is 32.0 Å². The van der Waals surface area contributed by atoms with Gasteiger partial charge in [-0.3, -0.25) is 0 Å². The topological polar surface area (TPSA) is 61.0 Å². The number of nitrogen functional groups attached to an aromatic ring is 1. The van der Waals surface area contributed by atoms with Crippen molar-refractivity contribution >= 4 is 27.4 Å². The highest BCUT2D eigenvalue weighted by Gasteiger charge is 2.10. The predicted octanol–water partition coefficient (Wildman–Crippen LogP) is 3.98. The van der Waals surface area contributed by atoms with E-state index < -0.39 is 0 Å². The van der Waals surface area contributed by atoms with Gasteiger partial charge in [0.25, 0.3) is 0 Å². The van der Waals surface area contributed by atoms with Gasteiger partial charge in [-0.15, -0.1) is 11.3 Å². The molecular formula is C16H17N3OS. The summed E-state index contributed by atoms with van der Waals surface area (Å²) in [6.45, 7) is 4.62. The van der Waals surface area contributed by atoms with Gasteiger partial charge in [0, 0.05) is 0 Å². The average Bonchev–Trinajstić information content (AvgIpc) is 2.94. The van der Waals surface area contributed by atoms with Gasteiger partial charge in [-0.05, 0) is 29.0 Å². The van der Waals surface area contributed by atoms with Gasteiger partial charge in [0.15, 0.2) is 5.82 Å². The summed E-state index contributed by atoms with van der Waals surface area (Å²) in [6.07, 6.45) is 0. The van der Waals surface area contributed by atoms with Crippen LogP contribution in [0.3, 0.4) is 0 Å². The molecule has 2 heterocycles. The Labute approximate surface area is 127 Å². The minimum absolute atomic E-state index is 0.321. The van der Waals surface area contributed by atoms with Crippen LogP contribution in [0.2, 0.25) is 0 Å². The molecule has 0 aliphatic carbocycles. The molecule has 21 heavy (non-hydrogen) atoms. The number of anilines is 1. The fourth-order valence-electron chi connectivity index (χ4n) is 2.22. The number of hydrogen-bond donors (Lipinski definition) is 1. The second-order valence-corrected chi connectivity index (χ2v) is 6.04. The Morgan fingerprint density at radius 2 is 2.00 bits per heavy atom. The molecule has 3 aromatic rings. The quantitative estimate of drug-likeness (QED) is 0.791. The summed E-state index contributed by atoms with van der Waals surface area (Å²) < 4.78 is 5.89. The summed E-state index contributed by atoms with van der Waals surface area (Å²) in [5.41, 5.74) is 7.13. The molecule has 2 N–H and O–H groups in total. The van der Waals surface area contributed by atoms with E-state index in [0.717, 1.165) is 16.0 Å². The lowest BCUT2D eigenvalue weighted by atomic mass is 10.0. The number of nitrogens with two attached hydrogens (primary N) is 1. The molecule has 5 heteroatoms. The molecule has 0 saturated carbocycles. The van der Waals surface area contributed by atoms with Gasteiger partial charge in [0.1, 0.15) is 23.0 Å². The molecule has 4 nitrogen and oxygen atoms in total. The van der Waals surface area contributed by atoms with Crippen LogP contribution in [-0.2, 0) is 6.61 Å². The molecule has 3 rings (SSSR count). The van der Waals surface area contributed by atoms with Crippen molar-refractivity contribution in [2.75, 3.05) is 5.73 Å². The Morgan fingerprint density at radius 1 is 1.19 bits per heavy atom. The van der Waals surface area contributed by atoms with Crippen LogP contribution < -0.4 is 10.5 Å². The van der Waals surface area contributed by atoms with Crippen LogP contribution in [0.5, 0.6) is 5.75 Å². The van der Waals surface area contributed by atoms with E-state index in [0.29, 0.717) is 24.2 Å². The Morgan fingerprint density at radius 3 is 2.81 bits per heavy atom. The zero-order valence-corrected chi connectivity index (χ0v) is 12.9. The first-order valence-electron chi connectivity index (χ1n) is 6.86. The monoisotopic (exact) mass is 299 g/mol. The molecule has 108 valence electrons. The highest BCUT2D eigenvalue weighted by atomic mass is 32.1. The van der Waals surface area contributed by atoms with Crippen molar-refractivity contribution < 1.29 is 4.74 Å². The lowest BCUT2D eigenvalue weighted by Gasteiger charge is -2.13. The van der Waals surface area contributed by atoms with E-state index in [1.54, 1.807) is 11.3 Å². The summed E-state index contributed by atoms with van der Waals surface area (Å²) in [4.78, 5) is 9.70. The van der Waals surface area contributed by atoms with Gasteiger partial charge in [-0.25, -0.2) is 9.97 Å². The number of ether oxygens (including phenoxy) is 1. The first-order chi connectivity index (χ1) is 10.1. The maximum atomic E-state index is 5.95. The van der Waals surface area contributed by atoms with E-state index in [-0.39, 0.29) is 0 Å². The van der Waals surface area contributed by atoms with Crippen molar-refractivity contribution in [1.82, 2.24) is 9.97 Å². The standard InChI is InChI=1S/C16H17N3OS/c1-10(2)11-5-3-4-6-13(11)20-9-14-18-15(17)12-7-8-21-16(12)19-14/h3-8,10H,9H2,1-2H3,(H2,17,18,19). The average molecular weight is 299 g/mol. The zero-order valence-electron chi connectivity index (χ0n) is 12.0. The number of rotatable bonds is 4. The molecule has 0 bridgehead atoms. The van der Waals surface area contributed by atoms with Gasteiger partial charge in [0.2, 0.25) is 0 Å². The number of para-hydroxylation sites is 1. The zero-order chi connectivity index (χ0) is 14.8. The third-order valence-corrected chi connectivity index (χ3v) is 4.11. The van der Waals surface area contributed by atoms with Crippen LogP contribution in [0.25, 0.3) is 10.2 Å². The molecule has 0 amide bonds. The largest absolute Gasteiger partial charge is 0.485 e. The van der Waals surface area contributed by atoms with Crippen LogP contribution >= 0.6 is 11.3 Å². The van der Waals surface area contributed by atoms with Crippen molar-refractivity contribution in [3.63, 3.8) is 0 Å². The second-order valence-electron chi connectivity index (χ2n) is 5.15. The third-order valence-electron chi connectivity index (χ3n) is 3.30. The SMILES string of the molecule is CC(C)c1ccccc1OCc1nc(N)c2ccsc2n1. The molecule has 0 unspecified atom stereocenters. The fraction of sp³-hybridized carbons (Fsp3) is 0.250. The van der Waals surface area contributed by atoms with Gasteiger partial charge in [0.05, 0.1) is 5.39 Å². The first kappa shape index (κ1) is 13.8. The number of hydrogen-bond acceptors (Lipinski definition) is 5. The third kappa shape index (κ3) is 2.83. The van der Waals surface area contributed by atoms with E-state index in [4.69, 9.17) is 10.5 Å². The lowest BCUT2D eigenvalue weighted by Crippen LogP contribution is -2.05. The Bertz CT molecular complexity index is 767. The molecule has 0 fully saturated rings. The molecule has 0 aliphatic heterocycles. The molecule has 1 aromatic carbocycles. The summed E-state index contributed by atoms with van der Waals surface area (Å²) in [6, 6.07) is 9.99. The number of aromatic nitrogens is 2. The van der Waals surface area contributed by atoms with Crippen molar-refractivity contribution in [1.29, 1.82) is 0 Å². The van der Waals surface area contributed by atoms with Crippen LogP contribution in [0.4, 0.5) is 5.82 Å². The first-order valence-corrected chi connectivity index (χ1v) is 7.74. The molecular weight excluding hydrogens is 282 g/mol. The van der Waals surface area contributed by atoms with Crippen LogP contribution in [0, 0.1) is 0 Å². The summed E-state index contributed by atoms with van der Waals surface area (Å²) in [5.74, 6) is 2.41. The van der Waals surface area contributed by atoms with Crippen LogP contribution in [0.1, 0.15) is 31.2 Å². The fourth-order valence-corrected chi connectivity index (χ4v) is 3.01. The molecule has 0 atom stereocenters. The number of nitrogens with zero attached hydrogens (tertiary/aromatic N) is 2. The van der Waals surface area contributed by atoms with E-state index in [1.807, 2.05) is 29.6 Å².